The Bertz CT molecular complexity index is 831. The third-order valence-electron chi connectivity index (χ3n) is 4.50. The summed E-state index contributed by atoms with van der Waals surface area (Å²) in [4.78, 5) is 2.71. The van der Waals surface area contributed by atoms with E-state index in [9.17, 15) is 8.42 Å². The van der Waals surface area contributed by atoms with Crippen molar-refractivity contribution in [2.75, 3.05) is 24.5 Å². The van der Waals surface area contributed by atoms with E-state index in [1.165, 1.54) is 11.3 Å². The van der Waals surface area contributed by atoms with Crippen molar-refractivity contribution >= 4 is 15.7 Å². The first kappa shape index (κ1) is 17.0. The first-order chi connectivity index (χ1) is 11.5. The number of benzene rings is 2. The second kappa shape index (κ2) is 6.95. The van der Waals surface area contributed by atoms with E-state index in [0.717, 1.165) is 37.1 Å². The molecule has 0 spiro atoms. The average molecular weight is 344 g/mol. The molecule has 128 valence electrons. The molecule has 0 amide bonds. The van der Waals surface area contributed by atoms with Crippen LogP contribution in [0.25, 0.3) is 0 Å². The molecule has 2 aromatic rings. The summed E-state index contributed by atoms with van der Waals surface area (Å²) in [5.41, 5.74) is 4.53. The smallest absolute Gasteiger partial charge is 0.240 e. The predicted molar refractivity (Wildman–Crippen MR) is 98.1 cm³/mol. The standard InChI is InChI=1S/C19H24N2O2S/c1-15-8-9-19(16(2)14-15)24(22,23)20-11-5-12-21-13-10-17-6-3-4-7-18(17)21/h3-4,6-9,14,20H,5,10-13H2,1-2H3. The Balaban J connectivity index is 1.55. The molecule has 0 bridgehead atoms. The van der Waals surface area contributed by atoms with E-state index >= 15 is 0 Å². The number of hydrogen-bond acceptors (Lipinski definition) is 3. The second-order valence-electron chi connectivity index (χ2n) is 6.39. The fraction of sp³-hybridized carbons (Fsp3) is 0.368. The molecule has 0 aromatic heterocycles. The number of nitrogens with one attached hydrogen (secondary N) is 1. The predicted octanol–water partition coefficient (Wildman–Crippen LogP) is 3.03. The minimum Gasteiger partial charge on any atom is -0.371 e. The Kier molecular flexibility index (Phi) is 4.92. The van der Waals surface area contributed by atoms with Crippen LogP contribution < -0.4 is 9.62 Å². The van der Waals surface area contributed by atoms with E-state index < -0.39 is 10.0 Å². The Morgan fingerprint density at radius 1 is 1.12 bits per heavy atom. The summed E-state index contributed by atoms with van der Waals surface area (Å²) in [6.45, 7) is 6.14. The van der Waals surface area contributed by atoms with Crippen molar-refractivity contribution < 1.29 is 8.42 Å². The van der Waals surface area contributed by atoms with Crippen LogP contribution in [0, 0.1) is 13.8 Å². The maximum absolute atomic E-state index is 12.4. The molecule has 1 aliphatic heterocycles. The zero-order valence-electron chi connectivity index (χ0n) is 14.2. The summed E-state index contributed by atoms with van der Waals surface area (Å²) >= 11 is 0. The topological polar surface area (TPSA) is 49.4 Å². The molecule has 4 nitrogen and oxygen atoms in total. The number of hydrogen-bond donors (Lipinski definition) is 1. The molecular weight excluding hydrogens is 320 g/mol. The molecule has 0 saturated heterocycles. The fourth-order valence-corrected chi connectivity index (χ4v) is 4.59. The molecule has 5 heteroatoms. The molecule has 24 heavy (non-hydrogen) atoms. The zero-order chi connectivity index (χ0) is 17.2. The lowest BCUT2D eigenvalue weighted by Gasteiger charge is -2.19. The van der Waals surface area contributed by atoms with Gasteiger partial charge in [-0.25, -0.2) is 13.1 Å². The average Bonchev–Trinajstić information content (AvgIpc) is 2.94. The number of nitrogens with zero attached hydrogens (tertiary/aromatic N) is 1. The van der Waals surface area contributed by atoms with Crippen molar-refractivity contribution in [2.24, 2.45) is 0 Å². The summed E-state index contributed by atoms with van der Waals surface area (Å²) in [7, 11) is -3.43. The van der Waals surface area contributed by atoms with Gasteiger partial charge < -0.3 is 4.90 Å². The second-order valence-corrected chi connectivity index (χ2v) is 8.12. The van der Waals surface area contributed by atoms with E-state index in [4.69, 9.17) is 0 Å². The fourth-order valence-electron chi connectivity index (χ4n) is 3.29. The third kappa shape index (κ3) is 3.62. The number of rotatable bonds is 6. The van der Waals surface area contributed by atoms with E-state index in [2.05, 4.69) is 33.9 Å². The Morgan fingerprint density at radius 2 is 1.92 bits per heavy atom. The zero-order valence-corrected chi connectivity index (χ0v) is 15.1. The van der Waals surface area contributed by atoms with Crippen LogP contribution in [0.5, 0.6) is 0 Å². The van der Waals surface area contributed by atoms with Gasteiger partial charge >= 0.3 is 0 Å². The van der Waals surface area contributed by atoms with Gasteiger partial charge in [-0.3, -0.25) is 0 Å². The molecular formula is C19H24N2O2S. The molecule has 0 saturated carbocycles. The van der Waals surface area contributed by atoms with Gasteiger partial charge in [-0.05, 0) is 49.9 Å². The van der Waals surface area contributed by atoms with Crippen LogP contribution in [0.2, 0.25) is 0 Å². The molecule has 0 aliphatic carbocycles. The van der Waals surface area contributed by atoms with Gasteiger partial charge in [0.15, 0.2) is 0 Å². The highest BCUT2D eigenvalue weighted by molar-refractivity contribution is 7.89. The first-order valence-corrected chi connectivity index (χ1v) is 9.85. The van der Waals surface area contributed by atoms with Crippen molar-refractivity contribution in [3.8, 4) is 0 Å². The molecule has 3 rings (SSSR count). The summed E-state index contributed by atoms with van der Waals surface area (Å²) in [6.07, 6.45) is 1.86. The highest BCUT2D eigenvalue weighted by atomic mass is 32.2. The van der Waals surface area contributed by atoms with Gasteiger partial charge in [-0.1, -0.05) is 35.9 Å². The van der Waals surface area contributed by atoms with E-state index in [0.29, 0.717) is 11.4 Å². The molecule has 0 atom stereocenters. The van der Waals surface area contributed by atoms with Crippen LogP contribution in [-0.4, -0.2) is 28.1 Å². The summed E-state index contributed by atoms with van der Waals surface area (Å²) in [5.74, 6) is 0. The minimum absolute atomic E-state index is 0.375. The van der Waals surface area contributed by atoms with Gasteiger partial charge in [-0.2, -0.15) is 0 Å². The Labute approximate surface area is 144 Å². The largest absolute Gasteiger partial charge is 0.371 e. The SMILES string of the molecule is Cc1ccc(S(=O)(=O)NCCCN2CCc3ccccc32)c(C)c1. The van der Waals surface area contributed by atoms with E-state index in [1.807, 2.05) is 26.0 Å². The van der Waals surface area contributed by atoms with Crippen LogP contribution in [0.4, 0.5) is 5.69 Å². The lowest BCUT2D eigenvalue weighted by atomic mass is 10.2. The minimum atomic E-state index is -3.43. The first-order valence-electron chi connectivity index (χ1n) is 8.37. The number of fused-ring (bicyclic) bond motifs is 1. The van der Waals surface area contributed by atoms with Crippen molar-refractivity contribution in [2.45, 2.75) is 31.6 Å². The highest BCUT2D eigenvalue weighted by Gasteiger charge is 2.19. The van der Waals surface area contributed by atoms with Crippen LogP contribution in [0.3, 0.4) is 0 Å². The maximum atomic E-state index is 12.4. The van der Waals surface area contributed by atoms with Crippen molar-refractivity contribution in [3.63, 3.8) is 0 Å². The van der Waals surface area contributed by atoms with Crippen LogP contribution in [-0.2, 0) is 16.4 Å². The molecule has 1 heterocycles. The lowest BCUT2D eigenvalue weighted by Crippen LogP contribution is -2.29. The van der Waals surface area contributed by atoms with Gasteiger partial charge in [0.25, 0.3) is 0 Å². The summed E-state index contributed by atoms with van der Waals surface area (Å²) in [6, 6.07) is 13.9. The monoisotopic (exact) mass is 344 g/mol. The van der Waals surface area contributed by atoms with Gasteiger partial charge in [0.05, 0.1) is 4.90 Å². The summed E-state index contributed by atoms with van der Waals surface area (Å²) in [5, 5.41) is 0. The van der Waals surface area contributed by atoms with Gasteiger partial charge in [0.1, 0.15) is 0 Å². The van der Waals surface area contributed by atoms with Gasteiger partial charge in [0.2, 0.25) is 10.0 Å². The third-order valence-corrected chi connectivity index (χ3v) is 6.12. The van der Waals surface area contributed by atoms with Gasteiger partial charge in [0, 0.05) is 25.3 Å². The Hall–Kier alpha value is -1.85. The van der Waals surface area contributed by atoms with Crippen LogP contribution in [0.1, 0.15) is 23.1 Å². The molecule has 0 radical (unpaired) electrons. The molecule has 0 unspecified atom stereocenters. The lowest BCUT2D eigenvalue weighted by molar-refractivity contribution is 0.578. The normalized spacial score (nSPS) is 14.0. The number of aryl methyl sites for hydroxylation is 2. The highest BCUT2D eigenvalue weighted by Crippen LogP contribution is 2.27. The molecule has 0 fully saturated rings. The molecule has 1 aliphatic rings. The Morgan fingerprint density at radius 3 is 2.71 bits per heavy atom. The number of para-hydroxylation sites is 1. The van der Waals surface area contributed by atoms with Crippen molar-refractivity contribution in [1.82, 2.24) is 4.72 Å². The van der Waals surface area contributed by atoms with Crippen molar-refractivity contribution in [1.29, 1.82) is 0 Å². The van der Waals surface area contributed by atoms with E-state index in [-0.39, 0.29) is 0 Å². The summed E-state index contributed by atoms with van der Waals surface area (Å²) < 4.78 is 27.6. The van der Waals surface area contributed by atoms with Gasteiger partial charge in [-0.15, -0.1) is 0 Å². The number of sulfonamides is 1. The maximum Gasteiger partial charge on any atom is 0.240 e. The number of anilines is 1. The quantitative estimate of drug-likeness (QED) is 0.820. The van der Waals surface area contributed by atoms with E-state index in [1.54, 1.807) is 6.07 Å². The molecule has 1 N–H and O–H groups in total. The van der Waals surface area contributed by atoms with Crippen LogP contribution in [0.15, 0.2) is 47.4 Å². The van der Waals surface area contributed by atoms with Crippen LogP contribution >= 0.6 is 0 Å². The molecule has 2 aromatic carbocycles. The van der Waals surface area contributed by atoms with Crippen molar-refractivity contribution in [3.05, 3.63) is 59.2 Å².